The monoisotopic (exact) mass is 230 g/mol. The van der Waals surface area contributed by atoms with Gasteiger partial charge in [-0.3, -0.25) is 0 Å². The van der Waals surface area contributed by atoms with Crippen molar-refractivity contribution in [1.29, 1.82) is 0 Å². The van der Waals surface area contributed by atoms with Gasteiger partial charge < -0.3 is 4.57 Å². The Morgan fingerprint density at radius 2 is 2.31 bits per heavy atom. The maximum atomic E-state index is 5.26. The van der Waals surface area contributed by atoms with Crippen LogP contribution < -0.4 is 0 Å². The van der Waals surface area contributed by atoms with E-state index in [0.29, 0.717) is 5.75 Å². The van der Waals surface area contributed by atoms with E-state index in [4.69, 9.17) is 6.42 Å². The van der Waals surface area contributed by atoms with Crippen molar-refractivity contribution >= 4 is 22.8 Å². The number of fused-ring (bicyclic) bond motifs is 1. The zero-order valence-electron chi connectivity index (χ0n) is 9.53. The van der Waals surface area contributed by atoms with Crippen LogP contribution in [0.1, 0.15) is 12.5 Å². The third-order valence-corrected chi connectivity index (χ3v) is 3.53. The van der Waals surface area contributed by atoms with Crippen LogP contribution in [0.4, 0.5) is 0 Å². The minimum Gasteiger partial charge on any atom is -0.322 e. The number of benzene rings is 1. The van der Waals surface area contributed by atoms with Gasteiger partial charge in [-0.15, -0.1) is 6.42 Å². The lowest BCUT2D eigenvalue weighted by Crippen LogP contribution is -1.90. The van der Waals surface area contributed by atoms with Gasteiger partial charge in [0.1, 0.15) is 0 Å². The largest absolute Gasteiger partial charge is 0.322 e. The first-order valence-electron chi connectivity index (χ1n) is 5.28. The van der Waals surface area contributed by atoms with Crippen LogP contribution in [0.5, 0.6) is 0 Å². The summed E-state index contributed by atoms with van der Waals surface area (Å²) < 4.78 is 2.09. The van der Waals surface area contributed by atoms with E-state index in [0.717, 1.165) is 22.6 Å². The summed E-state index contributed by atoms with van der Waals surface area (Å²) in [7, 11) is 2.03. The van der Waals surface area contributed by atoms with Gasteiger partial charge in [0.25, 0.3) is 0 Å². The van der Waals surface area contributed by atoms with Crippen molar-refractivity contribution in [2.24, 2.45) is 7.05 Å². The number of thioether (sulfide) groups is 1. The molecule has 0 saturated carbocycles. The van der Waals surface area contributed by atoms with Crippen molar-refractivity contribution in [1.82, 2.24) is 9.55 Å². The van der Waals surface area contributed by atoms with E-state index < -0.39 is 0 Å². The molecule has 1 aromatic heterocycles. The van der Waals surface area contributed by atoms with Gasteiger partial charge in [0.05, 0.1) is 16.8 Å². The molecule has 0 radical (unpaired) electrons. The zero-order valence-corrected chi connectivity index (χ0v) is 10.3. The maximum absolute atomic E-state index is 5.26. The number of terminal acetylenes is 1. The maximum Gasteiger partial charge on any atom is 0.169 e. The van der Waals surface area contributed by atoms with Crippen molar-refractivity contribution in [3.8, 4) is 12.3 Å². The summed E-state index contributed by atoms with van der Waals surface area (Å²) in [6.07, 6.45) is 6.30. The Morgan fingerprint density at radius 1 is 1.50 bits per heavy atom. The minimum atomic E-state index is 0.664. The Hall–Kier alpha value is -1.40. The fourth-order valence-corrected chi connectivity index (χ4v) is 2.35. The molecule has 0 saturated heterocycles. The molecule has 0 aliphatic heterocycles. The van der Waals surface area contributed by atoms with Crippen LogP contribution in [0.2, 0.25) is 0 Å². The van der Waals surface area contributed by atoms with Gasteiger partial charge in [0.15, 0.2) is 5.16 Å². The van der Waals surface area contributed by atoms with E-state index in [1.165, 1.54) is 5.56 Å². The Balaban J connectivity index is 2.46. The molecule has 1 aromatic carbocycles. The second kappa shape index (κ2) is 4.63. The Labute approximate surface area is 100 Å². The number of nitrogens with zero attached hydrogens (tertiary/aromatic N) is 2. The van der Waals surface area contributed by atoms with Gasteiger partial charge in [0, 0.05) is 7.05 Å². The van der Waals surface area contributed by atoms with Crippen LogP contribution in [0.15, 0.2) is 23.4 Å². The molecular weight excluding hydrogens is 216 g/mol. The van der Waals surface area contributed by atoms with Gasteiger partial charge in [-0.2, -0.15) is 0 Å². The molecule has 82 valence electrons. The molecule has 2 nitrogen and oxygen atoms in total. The van der Waals surface area contributed by atoms with Crippen molar-refractivity contribution in [3.05, 3.63) is 23.8 Å². The zero-order chi connectivity index (χ0) is 11.5. The summed E-state index contributed by atoms with van der Waals surface area (Å²) in [6.45, 7) is 2.15. The number of aryl methyl sites for hydroxylation is 2. The average molecular weight is 230 g/mol. The summed E-state index contributed by atoms with van der Waals surface area (Å²) >= 11 is 1.60. The predicted octanol–water partition coefficient (Wildman–Crippen LogP) is 2.86. The molecule has 0 N–H and O–H groups in total. The van der Waals surface area contributed by atoms with Crippen LogP contribution in [0.3, 0.4) is 0 Å². The Kier molecular flexibility index (Phi) is 3.21. The van der Waals surface area contributed by atoms with E-state index in [9.17, 15) is 0 Å². The lowest BCUT2D eigenvalue weighted by molar-refractivity contribution is 0.816. The second-order valence-electron chi connectivity index (χ2n) is 3.62. The van der Waals surface area contributed by atoms with Gasteiger partial charge >= 0.3 is 0 Å². The highest BCUT2D eigenvalue weighted by molar-refractivity contribution is 7.99. The predicted molar refractivity (Wildman–Crippen MR) is 69.6 cm³/mol. The fraction of sp³-hybridized carbons (Fsp3) is 0.308. The standard InChI is InChI=1S/C13H14N2S/c1-4-8-16-13-14-11-9-10(5-2)6-7-12(11)15(13)3/h1,6-7,9H,5,8H2,2-3H3. The molecule has 0 aliphatic carbocycles. The molecule has 16 heavy (non-hydrogen) atoms. The van der Waals surface area contributed by atoms with E-state index in [-0.39, 0.29) is 0 Å². The quantitative estimate of drug-likeness (QED) is 0.596. The van der Waals surface area contributed by atoms with E-state index in [1.807, 2.05) is 7.05 Å². The molecule has 0 amide bonds. The molecule has 0 fully saturated rings. The van der Waals surface area contributed by atoms with E-state index in [2.05, 4.69) is 40.6 Å². The first kappa shape index (κ1) is 11.1. The number of imidazole rings is 1. The first-order valence-corrected chi connectivity index (χ1v) is 6.26. The molecule has 3 heteroatoms. The number of hydrogen-bond acceptors (Lipinski definition) is 2. The molecule has 2 rings (SSSR count). The summed E-state index contributed by atoms with van der Waals surface area (Å²) in [5, 5.41) is 0.987. The molecule has 2 aromatic rings. The van der Waals surface area contributed by atoms with Gasteiger partial charge in [-0.25, -0.2) is 4.98 Å². The summed E-state index contributed by atoms with van der Waals surface area (Å²) in [6, 6.07) is 6.43. The normalized spacial score (nSPS) is 10.6. The smallest absolute Gasteiger partial charge is 0.169 e. The van der Waals surface area contributed by atoms with Crippen LogP contribution in [0.25, 0.3) is 11.0 Å². The topological polar surface area (TPSA) is 17.8 Å². The summed E-state index contributed by atoms with van der Waals surface area (Å²) in [4.78, 5) is 4.59. The number of rotatable bonds is 3. The van der Waals surface area contributed by atoms with E-state index in [1.54, 1.807) is 11.8 Å². The highest BCUT2D eigenvalue weighted by atomic mass is 32.2. The second-order valence-corrected chi connectivity index (χ2v) is 4.57. The van der Waals surface area contributed by atoms with Crippen LogP contribution in [-0.4, -0.2) is 15.3 Å². The highest BCUT2D eigenvalue weighted by Gasteiger charge is 2.07. The van der Waals surface area contributed by atoms with Gasteiger partial charge in [0.2, 0.25) is 0 Å². The lowest BCUT2D eigenvalue weighted by atomic mass is 10.1. The minimum absolute atomic E-state index is 0.664. The van der Waals surface area contributed by atoms with Gasteiger partial charge in [-0.1, -0.05) is 30.7 Å². The first-order chi connectivity index (χ1) is 7.76. The fourth-order valence-electron chi connectivity index (χ4n) is 1.68. The highest BCUT2D eigenvalue weighted by Crippen LogP contribution is 2.23. The Morgan fingerprint density at radius 3 is 3.00 bits per heavy atom. The molecule has 0 bridgehead atoms. The number of hydrogen-bond donors (Lipinski definition) is 0. The summed E-state index contributed by atoms with van der Waals surface area (Å²) in [5.41, 5.74) is 3.54. The average Bonchev–Trinajstić information content (AvgIpc) is 2.63. The molecule has 0 aliphatic rings. The lowest BCUT2D eigenvalue weighted by Gasteiger charge is -1.99. The molecule has 0 unspecified atom stereocenters. The molecular formula is C13H14N2S. The number of aromatic nitrogens is 2. The summed E-state index contributed by atoms with van der Waals surface area (Å²) in [5.74, 6) is 3.28. The van der Waals surface area contributed by atoms with Crippen molar-refractivity contribution < 1.29 is 0 Å². The molecule has 0 spiro atoms. The van der Waals surface area contributed by atoms with Crippen LogP contribution in [0, 0.1) is 12.3 Å². The van der Waals surface area contributed by atoms with Crippen molar-refractivity contribution in [3.63, 3.8) is 0 Å². The van der Waals surface area contributed by atoms with Crippen molar-refractivity contribution in [2.45, 2.75) is 18.5 Å². The third kappa shape index (κ3) is 1.94. The molecule has 0 atom stereocenters. The van der Waals surface area contributed by atoms with Crippen molar-refractivity contribution in [2.75, 3.05) is 5.75 Å². The molecule has 1 heterocycles. The SMILES string of the molecule is C#CCSc1nc2cc(CC)ccc2n1C. The third-order valence-electron chi connectivity index (χ3n) is 2.60. The Bertz CT molecular complexity index is 549. The van der Waals surface area contributed by atoms with Crippen LogP contribution in [-0.2, 0) is 13.5 Å². The van der Waals surface area contributed by atoms with E-state index >= 15 is 0 Å². The van der Waals surface area contributed by atoms with Gasteiger partial charge in [-0.05, 0) is 24.1 Å². The van der Waals surface area contributed by atoms with Crippen LogP contribution >= 0.6 is 11.8 Å².